The normalized spacial score (nSPS) is 15.9. The molecule has 0 aliphatic carbocycles. The summed E-state index contributed by atoms with van der Waals surface area (Å²) in [5, 5.41) is 4.28. The summed E-state index contributed by atoms with van der Waals surface area (Å²) in [7, 11) is 0. The van der Waals surface area contributed by atoms with Gasteiger partial charge in [-0.25, -0.2) is 4.98 Å². The Kier molecular flexibility index (Phi) is 6.10. The van der Waals surface area contributed by atoms with Gasteiger partial charge >= 0.3 is 0 Å². The van der Waals surface area contributed by atoms with Crippen LogP contribution in [0.15, 0.2) is 85.5 Å². The molecule has 7 nitrogen and oxygen atoms in total. The summed E-state index contributed by atoms with van der Waals surface area (Å²) < 4.78 is 7.87. The van der Waals surface area contributed by atoms with Crippen molar-refractivity contribution in [1.82, 2.24) is 24.6 Å². The number of hydrogen-bond donors (Lipinski definition) is 0. The SMILES string of the molecule is O=C(c1ccccc1Cn1cccn1)N1CCCC(c2nccnc2Oc2ccccc2)C1. The molecule has 1 fully saturated rings. The first-order valence-electron chi connectivity index (χ1n) is 11.2. The van der Waals surface area contributed by atoms with Gasteiger partial charge in [-0.05, 0) is 42.7 Å². The highest BCUT2D eigenvalue weighted by atomic mass is 16.5. The van der Waals surface area contributed by atoms with Crippen LogP contribution in [0.3, 0.4) is 0 Å². The molecule has 1 aliphatic rings. The average molecular weight is 440 g/mol. The van der Waals surface area contributed by atoms with Crippen molar-refractivity contribution < 1.29 is 9.53 Å². The minimum atomic E-state index is 0.0388. The van der Waals surface area contributed by atoms with E-state index in [0.29, 0.717) is 24.5 Å². The fourth-order valence-corrected chi connectivity index (χ4v) is 4.29. The molecule has 5 rings (SSSR count). The molecule has 1 saturated heterocycles. The number of carbonyl (C=O) groups is 1. The van der Waals surface area contributed by atoms with Crippen molar-refractivity contribution in [1.29, 1.82) is 0 Å². The molecule has 3 heterocycles. The topological polar surface area (TPSA) is 73.1 Å². The summed E-state index contributed by atoms with van der Waals surface area (Å²) in [6, 6.07) is 19.2. The van der Waals surface area contributed by atoms with E-state index < -0.39 is 0 Å². The molecule has 1 unspecified atom stereocenters. The fraction of sp³-hybridized carbons (Fsp3) is 0.231. The average Bonchev–Trinajstić information content (AvgIpc) is 3.38. The first-order chi connectivity index (χ1) is 16.3. The lowest BCUT2D eigenvalue weighted by atomic mass is 9.93. The summed E-state index contributed by atoms with van der Waals surface area (Å²) in [6.45, 7) is 1.87. The molecule has 0 spiro atoms. The van der Waals surface area contributed by atoms with Crippen LogP contribution in [0.1, 0.15) is 40.4 Å². The van der Waals surface area contributed by atoms with Gasteiger partial charge in [0.1, 0.15) is 11.4 Å². The van der Waals surface area contributed by atoms with Crippen molar-refractivity contribution in [2.75, 3.05) is 13.1 Å². The predicted molar refractivity (Wildman–Crippen MR) is 124 cm³/mol. The number of ether oxygens (including phenoxy) is 1. The second-order valence-electron chi connectivity index (χ2n) is 8.11. The molecule has 2 aromatic carbocycles. The van der Waals surface area contributed by atoms with E-state index in [4.69, 9.17) is 4.74 Å². The van der Waals surface area contributed by atoms with Crippen molar-refractivity contribution in [2.45, 2.75) is 25.3 Å². The lowest BCUT2D eigenvalue weighted by molar-refractivity contribution is 0.0703. The second kappa shape index (κ2) is 9.65. The van der Waals surface area contributed by atoms with Crippen LogP contribution in [0.5, 0.6) is 11.6 Å². The Labute approximate surface area is 192 Å². The highest BCUT2D eigenvalue weighted by molar-refractivity contribution is 5.95. The first kappa shape index (κ1) is 20.9. The Bertz CT molecular complexity index is 1210. The number of hydrogen-bond acceptors (Lipinski definition) is 5. The maximum atomic E-state index is 13.5. The van der Waals surface area contributed by atoms with Crippen LogP contribution in [0.4, 0.5) is 0 Å². The van der Waals surface area contributed by atoms with Crippen molar-refractivity contribution in [3.05, 3.63) is 102 Å². The first-order valence-corrected chi connectivity index (χ1v) is 11.2. The number of para-hydroxylation sites is 1. The van der Waals surface area contributed by atoms with Gasteiger partial charge < -0.3 is 9.64 Å². The molecule has 166 valence electrons. The standard InChI is InChI=1S/C26H25N5O2/c32-26(23-12-5-4-8-20(23)19-31-17-7-13-29-31)30-16-6-9-21(18-30)24-25(28-15-14-27-24)33-22-10-2-1-3-11-22/h1-5,7-8,10-15,17,21H,6,9,16,18-19H2. The molecule has 0 radical (unpaired) electrons. The van der Waals surface area contributed by atoms with Crippen LogP contribution in [0.25, 0.3) is 0 Å². The Morgan fingerprint density at radius 1 is 0.970 bits per heavy atom. The van der Waals surface area contributed by atoms with Crippen LogP contribution in [0.2, 0.25) is 0 Å². The van der Waals surface area contributed by atoms with Crippen molar-refractivity contribution in [3.63, 3.8) is 0 Å². The van der Waals surface area contributed by atoms with Gasteiger partial charge in [0.15, 0.2) is 0 Å². The predicted octanol–water partition coefficient (Wildman–Crippen LogP) is 4.53. The smallest absolute Gasteiger partial charge is 0.254 e. The third-order valence-corrected chi connectivity index (χ3v) is 5.88. The Balaban J connectivity index is 1.36. The van der Waals surface area contributed by atoms with Gasteiger partial charge in [-0.15, -0.1) is 0 Å². The van der Waals surface area contributed by atoms with Crippen molar-refractivity contribution in [3.8, 4) is 11.6 Å². The molecular formula is C26H25N5O2. The van der Waals surface area contributed by atoms with Crippen LogP contribution in [-0.2, 0) is 6.54 Å². The van der Waals surface area contributed by atoms with E-state index >= 15 is 0 Å². The fourth-order valence-electron chi connectivity index (χ4n) is 4.29. The largest absolute Gasteiger partial charge is 0.437 e. The number of carbonyl (C=O) groups excluding carboxylic acids is 1. The van der Waals surface area contributed by atoms with Gasteiger partial charge in [0.2, 0.25) is 5.88 Å². The lowest BCUT2D eigenvalue weighted by Crippen LogP contribution is -2.39. The summed E-state index contributed by atoms with van der Waals surface area (Å²) in [6.07, 6.45) is 8.81. The molecule has 1 aliphatic heterocycles. The third-order valence-electron chi connectivity index (χ3n) is 5.88. The van der Waals surface area contributed by atoms with Crippen molar-refractivity contribution >= 4 is 5.91 Å². The number of amides is 1. The zero-order chi connectivity index (χ0) is 22.5. The molecule has 4 aromatic rings. The van der Waals surface area contributed by atoms with E-state index in [1.165, 1.54) is 0 Å². The molecule has 7 heteroatoms. The van der Waals surface area contributed by atoms with Gasteiger partial charge in [0, 0.05) is 49.4 Å². The van der Waals surface area contributed by atoms with Crippen LogP contribution < -0.4 is 4.74 Å². The van der Waals surface area contributed by atoms with Crippen LogP contribution >= 0.6 is 0 Å². The quantitative estimate of drug-likeness (QED) is 0.441. The van der Waals surface area contributed by atoms with Gasteiger partial charge in [0.05, 0.1) is 6.54 Å². The number of rotatable bonds is 6. The van der Waals surface area contributed by atoms with E-state index in [1.807, 2.05) is 76.4 Å². The molecule has 2 aromatic heterocycles. The van der Waals surface area contributed by atoms with Crippen molar-refractivity contribution in [2.24, 2.45) is 0 Å². The van der Waals surface area contributed by atoms with Gasteiger partial charge in [-0.1, -0.05) is 36.4 Å². The van der Waals surface area contributed by atoms with Gasteiger partial charge in [0.25, 0.3) is 5.91 Å². The van der Waals surface area contributed by atoms with Crippen LogP contribution in [-0.4, -0.2) is 43.6 Å². The Morgan fingerprint density at radius 3 is 2.64 bits per heavy atom. The number of aromatic nitrogens is 4. The lowest BCUT2D eigenvalue weighted by Gasteiger charge is -2.33. The van der Waals surface area contributed by atoms with E-state index in [9.17, 15) is 4.79 Å². The van der Waals surface area contributed by atoms with Crippen LogP contribution in [0, 0.1) is 0 Å². The Hall–Kier alpha value is -4.00. The maximum Gasteiger partial charge on any atom is 0.254 e. The van der Waals surface area contributed by atoms with E-state index in [-0.39, 0.29) is 11.8 Å². The summed E-state index contributed by atoms with van der Waals surface area (Å²) in [5.74, 6) is 1.32. The zero-order valence-corrected chi connectivity index (χ0v) is 18.2. The van der Waals surface area contributed by atoms with Gasteiger partial charge in [-0.3, -0.25) is 14.5 Å². The number of likely N-dealkylation sites (tertiary alicyclic amines) is 1. The monoisotopic (exact) mass is 439 g/mol. The highest BCUT2D eigenvalue weighted by Crippen LogP contribution is 2.33. The third kappa shape index (κ3) is 4.77. The summed E-state index contributed by atoms with van der Waals surface area (Å²) in [5.41, 5.74) is 2.47. The number of benzene rings is 2. The second-order valence-corrected chi connectivity index (χ2v) is 8.11. The zero-order valence-electron chi connectivity index (χ0n) is 18.2. The summed E-state index contributed by atoms with van der Waals surface area (Å²) >= 11 is 0. The highest BCUT2D eigenvalue weighted by Gasteiger charge is 2.29. The molecule has 0 bridgehead atoms. The minimum Gasteiger partial charge on any atom is -0.437 e. The molecule has 0 saturated carbocycles. The molecule has 33 heavy (non-hydrogen) atoms. The molecule has 1 atom stereocenters. The number of nitrogens with zero attached hydrogens (tertiary/aromatic N) is 5. The van der Waals surface area contributed by atoms with E-state index in [1.54, 1.807) is 18.6 Å². The van der Waals surface area contributed by atoms with E-state index in [2.05, 4.69) is 15.1 Å². The molecule has 0 N–H and O–H groups in total. The molecule has 1 amide bonds. The Morgan fingerprint density at radius 2 is 1.79 bits per heavy atom. The van der Waals surface area contributed by atoms with E-state index in [0.717, 1.165) is 36.4 Å². The molecular weight excluding hydrogens is 414 g/mol. The summed E-state index contributed by atoms with van der Waals surface area (Å²) in [4.78, 5) is 24.5. The minimum absolute atomic E-state index is 0.0388. The number of piperidine rings is 1. The maximum absolute atomic E-state index is 13.5. The van der Waals surface area contributed by atoms with Gasteiger partial charge in [-0.2, -0.15) is 5.10 Å².